The van der Waals surface area contributed by atoms with Crippen molar-refractivity contribution in [2.75, 3.05) is 0 Å². The standard InChI is InChI=1S/C11H12O4.C9H10O4/c1-8(12)15-10(11(13)14)7-9-5-3-2-4-6-9;10-7-4-2-1-3-6(7)5-8(11)9(12)13/h2-6,10H,7H2,1H3,(H,13,14);1-4,8,10-11H,5H2,(H,12,13). The molecule has 8 nitrogen and oxygen atoms in total. The van der Waals surface area contributed by atoms with Crippen molar-refractivity contribution < 1.29 is 39.5 Å². The van der Waals surface area contributed by atoms with Crippen LogP contribution in [0.5, 0.6) is 5.75 Å². The van der Waals surface area contributed by atoms with Crippen LogP contribution in [0.4, 0.5) is 0 Å². The molecule has 0 saturated carbocycles. The number of carboxylic acid groups (broad SMARTS) is 2. The van der Waals surface area contributed by atoms with E-state index < -0.39 is 30.1 Å². The third-order valence-corrected chi connectivity index (χ3v) is 3.54. The Bertz CT molecular complexity index is 788. The van der Waals surface area contributed by atoms with Crippen LogP contribution in [0.2, 0.25) is 0 Å². The molecule has 8 heteroatoms. The second-order valence-electron chi connectivity index (χ2n) is 5.81. The van der Waals surface area contributed by atoms with Crippen molar-refractivity contribution in [2.45, 2.75) is 32.0 Å². The number of carboxylic acids is 2. The third kappa shape index (κ3) is 8.33. The first-order valence-electron chi connectivity index (χ1n) is 8.32. The van der Waals surface area contributed by atoms with Crippen molar-refractivity contribution in [1.29, 1.82) is 0 Å². The first kappa shape index (κ1) is 22.7. The molecule has 0 heterocycles. The van der Waals surface area contributed by atoms with Crippen molar-refractivity contribution in [3.8, 4) is 5.75 Å². The second kappa shape index (κ2) is 11.3. The van der Waals surface area contributed by atoms with Gasteiger partial charge in [-0.3, -0.25) is 4.79 Å². The zero-order valence-corrected chi connectivity index (χ0v) is 15.2. The van der Waals surface area contributed by atoms with Crippen LogP contribution in [-0.4, -0.2) is 50.5 Å². The molecule has 0 aromatic heterocycles. The van der Waals surface area contributed by atoms with Crippen molar-refractivity contribution in [3.63, 3.8) is 0 Å². The summed E-state index contributed by atoms with van der Waals surface area (Å²) in [5.41, 5.74) is 1.25. The maximum atomic E-state index is 10.8. The van der Waals surface area contributed by atoms with Gasteiger partial charge in [-0.05, 0) is 17.2 Å². The Balaban J connectivity index is 0.000000283. The molecular weight excluding hydrogens is 368 g/mol. The highest BCUT2D eigenvalue weighted by molar-refractivity contribution is 5.77. The molecule has 2 aromatic carbocycles. The number of esters is 1. The van der Waals surface area contributed by atoms with E-state index in [4.69, 9.17) is 15.3 Å². The molecule has 2 rings (SSSR count). The van der Waals surface area contributed by atoms with Crippen molar-refractivity contribution in [2.24, 2.45) is 0 Å². The molecule has 4 N–H and O–H groups in total. The van der Waals surface area contributed by atoms with E-state index in [1.165, 1.54) is 13.0 Å². The van der Waals surface area contributed by atoms with Gasteiger partial charge in [0.1, 0.15) is 5.75 Å². The quantitative estimate of drug-likeness (QED) is 0.523. The summed E-state index contributed by atoms with van der Waals surface area (Å²) in [6, 6.07) is 15.4. The van der Waals surface area contributed by atoms with Gasteiger partial charge >= 0.3 is 17.9 Å². The molecule has 0 spiro atoms. The topological polar surface area (TPSA) is 141 Å². The van der Waals surface area contributed by atoms with E-state index in [2.05, 4.69) is 4.74 Å². The maximum Gasteiger partial charge on any atom is 0.345 e. The molecule has 0 aliphatic carbocycles. The van der Waals surface area contributed by atoms with Gasteiger partial charge in [0, 0.05) is 19.8 Å². The molecule has 0 aliphatic rings. The Hall–Kier alpha value is -3.39. The number of carbonyl (C=O) groups is 3. The smallest absolute Gasteiger partial charge is 0.345 e. The molecule has 2 aromatic rings. The Morgan fingerprint density at radius 1 is 0.893 bits per heavy atom. The van der Waals surface area contributed by atoms with Crippen LogP contribution in [0.15, 0.2) is 54.6 Å². The number of carbonyl (C=O) groups excluding carboxylic acids is 1. The van der Waals surface area contributed by atoms with Crippen LogP contribution in [0.1, 0.15) is 18.1 Å². The van der Waals surface area contributed by atoms with E-state index in [-0.39, 0.29) is 18.6 Å². The number of ether oxygens (including phenoxy) is 1. The summed E-state index contributed by atoms with van der Waals surface area (Å²) in [5.74, 6) is -3.00. The highest BCUT2D eigenvalue weighted by atomic mass is 16.6. The minimum absolute atomic E-state index is 0.00259. The molecule has 0 amide bonds. The molecule has 0 bridgehead atoms. The van der Waals surface area contributed by atoms with Gasteiger partial charge in [-0.15, -0.1) is 0 Å². The monoisotopic (exact) mass is 390 g/mol. The number of phenolic OH excluding ortho intramolecular Hbond substituents is 1. The zero-order chi connectivity index (χ0) is 21.1. The largest absolute Gasteiger partial charge is 0.508 e. The SMILES string of the molecule is CC(=O)OC(Cc1ccccc1)C(=O)O.O=C(O)C(O)Cc1ccccc1O. The summed E-state index contributed by atoms with van der Waals surface area (Å²) >= 11 is 0. The fourth-order valence-corrected chi connectivity index (χ4v) is 2.19. The number of hydrogen-bond donors (Lipinski definition) is 4. The predicted molar refractivity (Wildman–Crippen MR) is 98.8 cm³/mol. The number of rotatable bonds is 7. The van der Waals surface area contributed by atoms with Crippen LogP contribution in [0.25, 0.3) is 0 Å². The van der Waals surface area contributed by atoms with Crippen LogP contribution in [-0.2, 0) is 32.0 Å². The van der Waals surface area contributed by atoms with E-state index in [0.717, 1.165) is 5.56 Å². The fraction of sp³-hybridized carbons (Fsp3) is 0.250. The van der Waals surface area contributed by atoms with Crippen molar-refractivity contribution in [1.82, 2.24) is 0 Å². The summed E-state index contributed by atoms with van der Waals surface area (Å²) < 4.78 is 4.68. The lowest BCUT2D eigenvalue weighted by Crippen LogP contribution is -2.28. The minimum atomic E-state index is -1.46. The van der Waals surface area contributed by atoms with Crippen LogP contribution in [0, 0.1) is 0 Å². The highest BCUT2D eigenvalue weighted by Crippen LogP contribution is 2.17. The molecule has 0 aliphatic heterocycles. The van der Waals surface area contributed by atoms with Gasteiger partial charge in [0.05, 0.1) is 0 Å². The maximum absolute atomic E-state index is 10.8. The number of para-hydroxylation sites is 1. The summed E-state index contributed by atoms with van der Waals surface area (Å²) in [6.45, 7) is 1.20. The average molecular weight is 390 g/mol. The van der Waals surface area contributed by atoms with Gasteiger partial charge < -0.3 is 25.2 Å². The molecule has 150 valence electrons. The summed E-state index contributed by atoms with van der Waals surface area (Å²) in [4.78, 5) is 31.7. The molecule has 2 atom stereocenters. The zero-order valence-electron chi connectivity index (χ0n) is 15.2. The fourth-order valence-electron chi connectivity index (χ4n) is 2.19. The van der Waals surface area contributed by atoms with Crippen molar-refractivity contribution in [3.05, 3.63) is 65.7 Å². The van der Waals surface area contributed by atoms with E-state index in [0.29, 0.717) is 5.56 Å². The lowest BCUT2D eigenvalue weighted by Gasteiger charge is -2.12. The van der Waals surface area contributed by atoms with Crippen LogP contribution >= 0.6 is 0 Å². The lowest BCUT2D eigenvalue weighted by molar-refractivity contribution is -0.162. The number of aliphatic hydroxyl groups excluding tert-OH is 1. The lowest BCUT2D eigenvalue weighted by atomic mass is 10.1. The van der Waals surface area contributed by atoms with Gasteiger partial charge in [0.25, 0.3) is 0 Å². The Morgan fingerprint density at radius 2 is 1.46 bits per heavy atom. The molecule has 2 unspecified atom stereocenters. The Morgan fingerprint density at radius 3 is 1.96 bits per heavy atom. The van der Waals surface area contributed by atoms with Gasteiger partial charge in [0.15, 0.2) is 6.10 Å². The Kier molecular flexibility index (Phi) is 9.18. The molecule has 28 heavy (non-hydrogen) atoms. The van der Waals surface area contributed by atoms with Gasteiger partial charge in [-0.2, -0.15) is 0 Å². The van der Waals surface area contributed by atoms with Crippen LogP contribution < -0.4 is 0 Å². The summed E-state index contributed by atoms with van der Waals surface area (Å²) in [5, 5.41) is 35.4. The van der Waals surface area contributed by atoms with Crippen molar-refractivity contribution >= 4 is 17.9 Å². The molecule has 0 saturated heterocycles. The number of aliphatic hydroxyl groups is 1. The molecule has 0 fully saturated rings. The summed E-state index contributed by atoms with van der Waals surface area (Å²) in [7, 11) is 0. The summed E-state index contributed by atoms with van der Waals surface area (Å²) in [6.07, 6.45) is -2.46. The molecule has 0 radical (unpaired) electrons. The van der Waals surface area contributed by atoms with E-state index in [9.17, 15) is 19.5 Å². The van der Waals surface area contributed by atoms with Gasteiger partial charge in [-0.25, -0.2) is 9.59 Å². The van der Waals surface area contributed by atoms with Gasteiger partial charge in [0.2, 0.25) is 6.10 Å². The minimum Gasteiger partial charge on any atom is -0.508 e. The Labute approximate surface area is 161 Å². The second-order valence-corrected chi connectivity index (χ2v) is 5.81. The van der Waals surface area contributed by atoms with E-state index in [1.54, 1.807) is 30.3 Å². The number of hydrogen-bond acceptors (Lipinski definition) is 6. The van der Waals surface area contributed by atoms with E-state index >= 15 is 0 Å². The number of aliphatic carboxylic acids is 2. The number of phenols is 1. The van der Waals surface area contributed by atoms with E-state index in [1.807, 2.05) is 18.2 Å². The predicted octanol–water partition coefficient (Wildman–Crippen LogP) is 1.63. The average Bonchev–Trinajstić information content (AvgIpc) is 2.64. The first-order valence-corrected chi connectivity index (χ1v) is 8.32. The number of benzene rings is 2. The first-order chi connectivity index (χ1) is 13.2. The van der Waals surface area contributed by atoms with Crippen LogP contribution in [0.3, 0.4) is 0 Å². The third-order valence-electron chi connectivity index (χ3n) is 3.54. The van der Waals surface area contributed by atoms with Gasteiger partial charge in [-0.1, -0.05) is 48.5 Å². The number of aromatic hydroxyl groups is 1. The highest BCUT2D eigenvalue weighted by Gasteiger charge is 2.20. The molecular formula is C20H22O8. The normalized spacial score (nSPS) is 12.1.